The van der Waals surface area contributed by atoms with Crippen molar-refractivity contribution in [1.29, 1.82) is 0 Å². The lowest BCUT2D eigenvalue weighted by atomic mass is 10.1. The number of carboxylic acids is 1. The molecule has 0 atom stereocenters. The van der Waals surface area contributed by atoms with E-state index in [2.05, 4.69) is 5.32 Å². The van der Waals surface area contributed by atoms with E-state index in [-0.39, 0.29) is 11.3 Å². The lowest BCUT2D eigenvalue weighted by Gasteiger charge is -2.13. The van der Waals surface area contributed by atoms with Gasteiger partial charge in [-0.3, -0.25) is 0 Å². The van der Waals surface area contributed by atoms with Gasteiger partial charge in [-0.25, -0.2) is 9.18 Å². The molecule has 0 aliphatic rings. The van der Waals surface area contributed by atoms with Crippen LogP contribution in [0.25, 0.3) is 0 Å². The predicted molar refractivity (Wildman–Crippen MR) is 72.8 cm³/mol. The minimum atomic E-state index is -1.20. The molecule has 0 aromatic heterocycles. The lowest BCUT2D eigenvalue weighted by molar-refractivity contribution is 0.0697. The van der Waals surface area contributed by atoms with Gasteiger partial charge in [0, 0.05) is 0 Å². The number of aryl methyl sites for hydroxylation is 1. The summed E-state index contributed by atoms with van der Waals surface area (Å²) in [5.74, 6) is -1.84. The van der Waals surface area contributed by atoms with Crippen LogP contribution in [-0.4, -0.2) is 11.1 Å². The molecule has 98 valence electrons. The number of benzene rings is 2. The van der Waals surface area contributed by atoms with Gasteiger partial charge in [-0.2, -0.15) is 0 Å². The van der Waals surface area contributed by atoms with Gasteiger partial charge in [-0.05, 0) is 30.7 Å². The van der Waals surface area contributed by atoms with Crippen LogP contribution < -0.4 is 5.32 Å². The Morgan fingerprint density at radius 2 is 1.95 bits per heavy atom. The summed E-state index contributed by atoms with van der Waals surface area (Å²) >= 11 is 6.10. The summed E-state index contributed by atoms with van der Waals surface area (Å²) < 4.78 is 13.8. The molecule has 0 unspecified atom stereocenters. The molecular formula is C14H11ClFNO2. The van der Waals surface area contributed by atoms with Gasteiger partial charge >= 0.3 is 5.97 Å². The van der Waals surface area contributed by atoms with E-state index in [0.717, 1.165) is 5.56 Å². The fraction of sp³-hybridized carbons (Fsp3) is 0.0714. The summed E-state index contributed by atoms with van der Waals surface area (Å²) in [5, 5.41) is 12.2. The molecule has 0 radical (unpaired) electrons. The maximum Gasteiger partial charge on any atom is 0.337 e. The first-order valence-corrected chi connectivity index (χ1v) is 5.92. The third kappa shape index (κ3) is 2.69. The Kier molecular flexibility index (Phi) is 3.71. The quantitative estimate of drug-likeness (QED) is 0.884. The molecule has 0 saturated heterocycles. The van der Waals surface area contributed by atoms with E-state index in [1.807, 2.05) is 13.0 Å². The van der Waals surface area contributed by atoms with E-state index in [9.17, 15) is 9.18 Å². The van der Waals surface area contributed by atoms with Crippen LogP contribution in [0.3, 0.4) is 0 Å². The zero-order chi connectivity index (χ0) is 14.0. The van der Waals surface area contributed by atoms with Crippen molar-refractivity contribution >= 4 is 28.9 Å². The van der Waals surface area contributed by atoms with Crippen LogP contribution in [0.15, 0.2) is 36.4 Å². The Balaban J connectivity index is 2.49. The SMILES string of the molecule is Cc1cccc(Nc2c(F)cccc2C(=O)O)c1Cl. The van der Waals surface area contributed by atoms with Crippen molar-refractivity contribution in [3.63, 3.8) is 0 Å². The van der Waals surface area contributed by atoms with Gasteiger partial charge < -0.3 is 10.4 Å². The summed E-state index contributed by atoms with van der Waals surface area (Å²) in [6.45, 7) is 1.81. The molecule has 0 saturated carbocycles. The largest absolute Gasteiger partial charge is 0.478 e. The van der Waals surface area contributed by atoms with Crippen LogP contribution in [0, 0.1) is 12.7 Å². The van der Waals surface area contributed by atoms with Crippen molar-refractivity contribution in [1.82, 2.24) is 0 Å². The second kappa shape index (κ2) is 5.28. The average Bonchev–Trinajstić information content (AvgIpc) is 2.36. The minimum Gasteiger partial charge on any atom is -0.478 e. The van der Waals surface area contributed by atoms with E-state index in [1.54, 1.807) is 12.1 Å². The minimum absolute atomic E-state index is 0.0949. The zero-order valence-electron chi connectivity index (χ0n) is 10.1. The average molecular weight is 280 g/mol. The topological polar surface area (TPSA) is 49.3 Å². The Labute approximate surface area is 114 Å². The molecule has 0 heterocycles. The number of anilines is 2. The molecule has 2 N–H and O–H groups in total. The molecule has 2 rings (SSSR count). The molecule has 0 spiro atoms. The van der Waals surface area contributed by atoms with Crippen LogP contribution in [0.4, 0.5) is 15.8 Å². The first-order valence-electron chi connectivity index (χ1n) is 5.54. The Morgan fingerprint density at radius 1 is 1.26 bits per heavy atom. The van der Waals surface area contributed by atoms with Gasteiger partial charge in [0.25, 0.3) is 0 Å². The summed E-state index contributed by atoms with van der Waals surface area (Å²) in [4.78, 5) is 11.1. The van der Waals surface area contributed by atoms with Gasteiger partial charge in [-0.15, -0.1) is 0 Å². The molecular weight excluding hydrogens is 269 g/mol. The number of hydrogen-bond donors (Lipinski definition) is 2. The highest BCUT2D eigenvalue weighted by Crippen LogP contribution is 2.31. The fourth-order valence-corrected chi connectivity index (χ4v) is 1.88. The van der Waals surface area contributed by atoms with Crippen molar-refractivity contribution < 1.29 is 14.3 Å². The molecule has 0 amide bonds. The molecule has 0 fully saturated rings. The predicted octanol–water partition coefficient (Wildman–Crippen LogP) is 4.23. The number of halogens is 2. The summed E-state index contributed by atoms with van der Waals surface area (Å²) in [5.41, 5.74) is 1.05. The van der Waals surface area contributed by atoms with Gasteiger partial charge in [0.05, 0.1) is 22.0 Å². The number of nitrogens with one attached hydrogen (secondary N) is 1. The Morgan fingerprint density at radius 3 is 2.63 bits per heavy atom. The number of carboxylic acid groups (broad SMARTS) is 1. The second-order valence-corrected chi connectivity index (χ2v) is 4.41. The van der Waals surface area contributed by atoms with Crippen molar-refractivity contribution in [2.24, 2.45) is 0 Å². The maximum absolute atomic E-state index is 13.8. The van der Waals surface area contributed by atoms with Crippen LogP contribution >= 0.6 is 11.6 Å². The molecule has 2 aromatic rings. The van der Waals surface area contributed by atoms with Gasteiger partial charge in [-0.1, -0.05) is 29.8 Å². The van der Waals surface area contributed by atoms with Crippen molar-refractivity contribution in [2.75, 3.05) is 5.32 Å². The van der Waals surface area contributed by atoms with Crippen LogP contribution in [0.2, 0.25) is 5.02 Å². The third-order valence-electron chi connectivity index (χ3n) is 2.70. The first kappa shape index (κ1) is 13.4. The van der Waals surface area contributed by atoms with E-state index < -0.39 is 11.8 Å². The first-order chi connectivity index (χ1) is 9.00. The molecule has 0 aliphatic carbocycles. The Bertz CT molecular complexity index is 643. The lowest BCUT2D eigenvalue weighted by Crippen LogP contribution is -2.05. The number of rotatable bonds is 3. The summed E-state index contributed by atoms with van der Waals surface area (Å²) in [6, 6.07) is 9.10. The standard InChI is InChI=1S/C14H11ClFNO2/c1-8-4-2-7-11(12(8)15)17-13-9(14(18)19)5-3-6-10(13)16/h2-7,17H,1H3,(H,18,19). The number of hydrogen-bond acceptors (Lipinski definition) is 2. The van der Waals surface area contributed by atoms with Crippen molar-refractivity contribution in [3.05, 3.63) is 58.4 Å². The highest BCUT2D eigenvalue weighted by molar-refractivity contribution is 6.34. The van der Waals surface area contributed by atoms with Gasteiger partial charge in [0.15, 0.2) is 0 Å². The van der Waals surface area contributed by atoms with E-state index in [1.165, 1.54) is 18.2 Å². The normalized spacial score (nSPS) is 10.3. The molecule has 0 bridgehead atoms. The smallest absolute Gasteiger partial charge is 0.337 e. The number of carbonyl (C=O) groups is 1. The van der Waals surface area contributed by atoms with E-state index in [4.69, 9.17) is 16.7 Å². The number of aromatic carboxylic acids is 1. The van der Waals surface area contributed by atoms with E-state index in [0.29, 0.717) is 10.7 Å². The van der Waals surface area contributed by atoms with Gasteiger partial charge in [0.1, 0.15) is 5.82 Å². The molecule has 2 aromatic carbocycles. The van der Waals surface area contributed by atoms with Crippen LogP contribution in [0.5, 0.6) is 0 Å². The number of para-hydroxylation sites is 1. The van der Waals surface area contributed by atoms with Gasteiger partial charge in [0.2, 0.25) is 0 Å². The zero-order valence-corrected chi connectivity index (χ0v) is 10.8. The fourth-order valence-electron chi connectivity index (χ4n) is 1.71. The van der Waals surface area contributed by atoms with Crippen LogP contribution in [0.1, 0.15) is 15.9 Å². The third-order valence-corrected chi connectivity index (χ3v) is 3.20. The Hall–Kier alpha value is -2.07. The summed E-state index contributed by atoms with van der Waals surface area (Å²) in [7, 11) is 0. The second-order valence-electron chi connectivity index (χ2n) is 4.03. The monoisotopic (exact) mass is 279 g/mol. The molecule has 0 aliphatic heterocycles. The molecule has 19 heavy (non-hydrogen) atoms. The van der Waals surface area contributed by atoms with Crippen LogP contribution in [-0.2, 0) is 0 Å². The highest BCUT2D eigenvalue weighted by atomic mass is 35.5. The molecule has 5 heteroatoms. The van der Waals surface area contributed by atoms with Crippen molar-refractivity contribution in [2.45, 2.75) is 6.92 Å². The summed E-state index contributed by atoms with van der Waals surface area (Å²) in [6.07, 6.45) is 0. The van der Waals surface area contributed by atoms with E-state index >= 15 is 0 Å². The molecule has 3 nitrogen and oxygen atoms in total. The maximum atomic E-state index is 13.8. The van der Waals surface area contributed by atoms with Crippen molar-refractivity contribution in [3.8, 4) is 0 Å². The highest BCUT2D eigenvalue weighted by Gasteiger charge is 2.15.